The number of carbonyl (C=O) groups excluding carboxylic acids is 1. The van der Waals surface area contributed by atoms with E-state index in [0.29, 0.717) is 0 Å². The van der Waals surface area contributed by atoms with E-state index in [4.69, 9.17) is 9.47 Å². The number of amides is 1. The molecule has 0 bridgehead atoms. The minimum absolute atomic E-state index is 0.116. The summed E-state index contributed by atoms with van der Waals surface area (Å²) < 4.78 is 10.8. The van der Waals surface area contributed by atoms with Crippen LogP contribution in [0.25, 0.3) is 0 Å². The van der Waals surface area contributed by atoms with E-state index in [-0.39, 0.29) is 11.8 Å². The number of hydrogen-bond acceptors (Lipinski definition) is 4. The van der Waals surface area contributed by atoms with Gasteiger partial charge in [0.1, 0.15) is 11.5 Å². The van der Waals surface area contributed by atoms with Gasteiger partial charge in [0.2, 0.25) is 0 Å². The Balaban J connectivity index is 1.79. The second kappa shape index (κ2) is 6.40. The fourth-order valence-electron chi connectivity index (χ4n) is 2.93. The zero-order valence-corrected chi connectivity index (χ0v) is 13.6. The molecule has 0 saturated carbocycles. The Morgan fingerprint density at radius 1 is 1.27 bits per heavy atom. The number of rotatable bonds is 4. The molecule has 1 fully saturated rings. The molecule has 1 unspecified atom stereocenters. The summed E-state index contributed by atoms with van der Waals surface area (Å²) in [6, 6.07) is 7.72. The number of ether oxygens (including phenoxy) is 2. The third-order valence-corrected chi connectivity index (χ3v) is 4.80. The average Bonchev–Trinajstić information content (AvgIpc) is 3.25. The van der Waals surface area contributed by atoms with Gasteiger partial charge >= 0.3 is 0 Å². The van der Waals surface area contributed by atoms with Crippen LogP contribution < -0.4 is 9.47 Å². The molecule has 5 heteroatoms. The van der Waals surface area contributed by atoms with Gasteiger partial charge in [0.05, 0.1) is 19.8 Å². The molecule has 2 heterocycles. The highest BCUT2D eigenvalue weighted by atomic mass is 32.1. The van der Waals surface area contributed by atoms with Gasteiger partial charge in [-0.1, -0.05) is 0 Å². The summed E-state index contributed by atoms with van der Waals surface area (Å²) in [6.45, 7) is 1.50. The third kappa shape index (κ3) is 2.81. The lowest BCUT2D eigenvalue weighted by molar-refractivity contribution is 0.0791. The number of hydrogen-bond donors (Lipinski definition) is 0. The van der Waals surface area contributed by atoms with Gasteiger partial charge in [-0.25, -0.2) is 0 Å². The van der Waals surface area contributed by atoms with Crippen LogP contribution in [0.1, 0.15) is 28.3 Å². The van der Waals surface area contributed by atoms with E-state index in [1.165, 1.54) is 0 Å². The Bertz CT molecular complexity index is 654. The maximum absolute atomic E-state index is 12.4. The van der Waals surface area contributed by atoms with Crippen LogP contribution >= 0.6 is 11.3 Å². The second-order valence-corrected chi connectivity index (χ2v) is 6.14. The highest BCUT2D eigenvalue weighted by Gasteiger charge is 2.30. The minimum atomic E-state index is 0.116. The molecule has 3 rings (SSSR count). The van der Waals surface area contributed by atoms with Crippen molar-refractivity contribution in [2.45, 2.75) is 12.3 Å². The Labute approximate surface area is 134 Å². The van der Waals surface area contributed by atoms with E-state index in [2.05, 4.69) is 0 Å². The zero-order valence-electron chi connectivity index (χ0n) is 12.7. The molecule has 4 nitrogen and oxygen atoms in total. The van der Waals surface area contributed by atoms with Crippen molar-refractivity contribution < 1.29 is 14.3 Å². The van der Waals surface area contributed by atoms with Crippen LogP contribution in [0, 0.1) is 0 Å². The maximum Gasteiger partial charge on any atom is 0.254 e. The lowest BCUT2D eigenvalue weighted by Gasteiger charge is -2.18. The summed E-state index contributed by atoms with van der Waals surface area (Å²) in [4.78, 5) is 14.4. The molecule has 1 aromatic heterocycles. The van der Waals surface area contributed by atoms with Crippen LogP contribution in [-0.2, 0) is 0 Å². The molecular formula is C17H19NO3S. The molecule has 1 saturated heterocycles. The Hall–Kier alpha value is -2.01. The Morgan fingerprint density at radius 2 is 2.14 bits per heavy atom. The molecule has 22 heavy (non-hydrogen) atoms. The van der Waals surface area contributed by atoms with Gasteiger partial charge in [-0.05, 0) is 36.1 Å². The number of thiophene rings is 1. The van der Waals surface area contributed by atoms with Gasteiger partial charge in [0.25, 0.3) is 5.91 Å². The van der Waals surface area contributed by atoms with Crippen LogP contribution in [0.2, 0.25) is 0 Å². The van der Waals surface area contributed by atoms with Gasteiger partial charge in [0.15, 0.2) is 0 Å². The summed E-state index contributed by atoms with van der Waals surface area (Å²) in [5.74, 6) is 2.08. The van der Waals surface area contributed by atoms with Crippen molar-refractivity contribution in [2.75, 3.05) is 27.3 Å². The molecule has 2 aromatic rings. The lowest BCUT2D eigenvalue weighted by atomic mass is 9.97. The van der Waals surface area contributed by atoms with E-state index in [0.717, 1.165) is 42.1 Å². The second-order valence-electron chi connectivity index (χ2n) is 5.36. The summed E-state index contributed by atoms with van der Waals surface area (Å²) in [6.07, 6.45) is 0.944. The van der Waals surface area contributed by atoms with Gasteiger partial charge in [-0.2, -0.15) is 11.3 Å². The van der Waals surface area contributed by atoms with Crippen molar-refractivity contribution in [3.05, 3.63) is 46.2 Å². The first-order valence-electron chi connectivity index (χ1n) is 7.26. The first-order chi connectivity index (χ1) is 10.7. The average molecular weight is 317 g/mol. The first-order valence-corrected chi connectivity index (χ1v) is 8.20. The maximum atomic E-state index is 12.4. The monoisotopic (exact) mass is 317 g/mol. The molecule has 0 N–H and O–H groups in total. The normalized spacial score (nSPS) is 17.5. The number of benzene rings is 1. The summed E-state index contributed by atoms with van der Waals surface area (Å²) in [5, 5.41) is 3.84. The minimum Gasteiger partial charge on any atom is -0.497 e. The lowest BCUT2D eigenvalue weighted by Crippen LogP contribution is -2.28. The number of likely N-dealkylation sites (tertiary alicyclic amines) is 1. The van der Waals surface area contributed by atoms with E-state index in [9.17, 15) is 4.79 Å². The van der Waals surface area contributed by atoms with Gasteiger partial charge in [-0.3, -0.25) is 4.79 Å². The molecule has 1 aliphatic rings. The highest BCUT2D eigenvalue weighted by molar-refractivity contribution is 7.08. The molecule has 1 aromatic carbocycles. The van der Waals surface area contributed by atoms with E-state index in [1.807, 2.05) is 39.9 Å². The summed E-state index contributed by atoms with van der Waals surface area (Å²) in [5.41, 5.74) is 1.89. The predicted molar refractivity (Wildman–Crippen MR) is 87.1 cm³/mol. The fourth-order valence-corrected chi connectivity index (χ4v) is 3.56. The van der Waals surface area contributed by atoms with Crippen molar-refractivity contribution in [3.8, 4) is 11.5 Å². The van der Waals surface area contributed by atoms with Crippen molar-refractivity contribution in [3.63, 3.8) is 0 Å². The van der Waals surface area contributed by atoms with E-state index in [1.54, 1.807) is 25.6 Å². The Kier molecular flexibility index (Phi) is 4.34. The van der Waals surface area contributed by atoms with Crippen molar-refractivity contribution in [1.82, 2.24) is 4.90 Å². The SMILES string of the molecule is COc1ccc(OC)c(C2CCN(C(=O)c3ccsc3)C2)c1. The predicted octanol–water partition coefficient (Wildman–Crippen LogP) is 3.40. The molecule has 1 amide bonds. The quantitative estimate of drug-likeness (QED) is 0.867. The topological polar surface area (TPSA) is 38.8 Å². The fraction of sp³-hybridized carbons (Fsp3) is 0.353. The van der Waals surface area contributed by atoms with Crippen molar-refractivity contribution in [2.24, 2.45) is 0 Å². The van der Waals surface area contributed by atoms with Gasteiger partial charge < -0.3 is 14.4 Å². The van der Waals surface area contributed by atoms with Crippen LogP contribution in [0.15, 0.2) is 35.0 Å². The molecule has 1 atom stereocenters. The molecule has 1 aliphatic heterocycles. The third-order valence-electron chi connectivity index (χ3n) is 4.12. The van der Waals surface area contributed by atoms with E-state index < -0.39 is 0 Å². The summed E-state index contributed by atoms with van der Waals surface area (Å²) in [7, 11) is 3.33. The van der Waals surface area contributed by atoms with E-state index >= 15 is 0 Å². The standard InChI is InChI=1S/C17H19NO3S/c1-20-14-3-4-16(21-2)15(9-14)12-5-7-18(10-12)17(19)13-6-8-22-11-13/h3-4,6,8-9,11-12H,5,7,10H2,1-2H3. The molecule has 0 radical (unpaired) electrons. The van der Waals surface area contributed by atoms with Crippen LogP contribution in [0.3, 0.4) is 0 Å². The number of methoxy groups -OCH3 is 2. The van der Waals surface area contributed by atoms with Gasteiger partial charge in [-0.15, -0.1) is 0 Å². The molecule has 0 spiro atoms. The Morgan fingerprint density at radius 3 is 2.82 bits per heavy atom. The van der Waals surface area contributed by atoms with Crippen LogP contribution in [-0.4, -0.2) is 38.1 Å². The first kappa shape index (κ1) is 14.9. The molecule has 0 aliphatic carbocycles. The van der Waals surface area contributed by atoms with Crippen LogP contribution in [0.5, 0.6) is 11.5 Å². The van der Waals surface area contributed by atoms with Crippen LogP contribution in [0.4, 0.5) is 0 Å². The van der Waals surface area contributed by atoms with Crippen molar-refractivity contribution >= 4 is 17.2 Å². The highest BCUT2D eigenvalue weighted by Crippen LogP contribution is 2.36. The largest absolute Gasteiger partial charge is 0.497 e. The molecular weight excluding hydrogens is 298 g/mol. The number of nitrogens with zero attached hydrogens (tertiary/aromatic N) is 1. The van der Waals surface area contributed by atoms with Gasteiger partial charge in [0, 0.05) is 30.0 Å². The van der Waals surface area contributed by atoms with Crippen molar-refractivity contribution in [1.29, 1.82) is 0 Å². The number of carbonyl (C=O) groups is 1. The summed E-state index contributed by atoms with van der Waals surface area (Å²) >= 11 is 1.55. The smallest absolute Gasteiger partial charge is 0.254 e. The molecule has 116 valence electrons. The zero-order chi connectivity index (χ0) is 15.5.